The van der Waals surface area contributed by atoms with Gasteiger partial charge in [-0.25, -0.2) is 4.98 Å². The minimum absolute atomic E-state index is 0.546. The zero-order valence-corrected chi connectivity index (χ0v) is 10.8. The molecule has 94 valence electrons. The Morgan fingerprint density at radius 3 is 2.47 bits per heavy atom. The molecule has 2 rings (SSSR count). The predicted octanol–water partition coefficient (Wildman–Crippen LogP) is 2.90. The fourth-order valence-electron chi connectivity index (χ4n) is 2.22. The molecule has 1 aromatic heterocycles. The van der Waals surface area contributed by atoms with E-state index < -0.39 is 0 Å². The van der Waals surface area contributed by atoms with Crippen LogP contribution in [0.1, 0.15) is 39.5 Å². The first-order valence-electron chi connectivity index (χ1n) is 6.58. The Bertz CT molecular complexity index is 360. The van der Waals surface area contributed by atoms with Crippen LogP contribution in [0.2, 0.25) is 0 Å². The maximum absolute atomic E-state index is 4.47. The first-order valence-corrected chi connectivity index (χ1v) is 6.58. The van der Waals surface area contributed by atoms with Gasteiger partial charge in [-0.05, 0) is 31.6 Å². The molecule has 0 radical (unpaired) electrons. The molecule has 0 spiro atoms. The average Bonchev–Trinajstić information content (AvgIpc) is 3.09. The predicted molar refractivity (Wildman–Crippen MR) is 71.3 cm³/mol. The van der Waals surface area contributed by atoms with Gasteiger partial charge in [0.1, 0.15) is 11.6 Å². The number of anilines is 2. The van der Waals surface area contributed by atoms with Crippen LogP contribution in [0.15, 0.2) is 12.4 Å². The van der Waals surface area contributed by atoms with E-state index >= 15 is 0 Å². The summed E-state index contributed by atoms with van der Waals surface area (Å²) in [4.78, 5) is 8.65. The SMILES string of the molecule is CCCC1(CNc2cncc(NCC)n2)CC1. The standard InChI is InChI=1S/C13H22N4/c1-3-5-13(6-7-13)10-16-12-9-14-8-11(17-12)15-4-2/h8-9H,3-7,10H2,1-2H3,(H2,15,16,17). The highest BCUT2D eigenvalue weighted by Crippen LogP contribution is 2.49. The lowest BCUT2D eigenvalue weighted by Gasteiger charge is -2.15. The zero-order valence-electron chi connectivity index (χ0n) is 10.8. The first-order chi connectivity index (χ1) is 8.28. The number of nitrogens with zero attached hydrogens (tertiary/aromatic N) is 2. The fourth-order valence-corrected chi connectivity index (χ4v) is 2.22. The lowest BCUT2D eigenvalue weighted by Crippen LogP contribution is -2.16. The van der Waals surface area contributed by atoms with Gasteiger partial charge in [-0.15, -0.1) is 0 Å². The highest BCUT2D eigenvalue weighted by Gasteiger charge is 2.41. The van der Waals surface area contributed by atoms with Crippen LogP contribution in [0.25, 0.3) is 0 Å². The van der Waals surface area contributed by atoms with Crippen molar-refractivity contribution in [1.82, 2.24) is 9.97 Å². The Balaban J connectivity index is 1.88. The molecule has 1 heterocycles. The summed E-state index contributed by atoms with van der Waals surface area (Å²) >= 11 is 0. The van der Waals surface area contributed by atoms with Gasteiger partial charge in [0.25, 0.3) is 0 Å². The number of rotatable bonds is 7. The number of hydrogen-bond acceptors (Lipinski definition) is 4. The summed E-state index contributed by atoms with van der Waals surface area (Å²) in [6, 6.07) is 0. The van der Waals surface area contributed by atoms with Crippen LogP contribution in [0.3, 0.4) is 0 Å². The number of nitrogens with one attached hydrogen (secondary N) is 2. The molecule has 0 amide bonds. The summed E-state index contributed by atoms with van der Waals surface area (Å²) in [5.74, 6) is 1.73. The van der Waals surface area contributed by atoms with Crippen molar-refractivity contribution in [3.63, 3.8) is 0 Å². The van der Waals surface area contributed by atoms with E-state index in [1.807, 2.05) is 0 Å². The molecule has 1 aliphatic rings. The second-order valence-corrected chi connectivity index (χ2v) is 4.92. The number of aromatic nitrogens is 2. The zero-order chi connectivity index (χ0) is 12.1. The minimum atomic E-state index is 0.546. The van der Waals surface area contributed by atoms with Crippen molar-refractivity contribution in [2.24, 2.45) is 5.41 Å². The van der Waals surface area contributed by atoms with Gasteiger partial charge in [0.2, 0.25) is 0 Å². The van der Waals surface area contributed by atoms with Crippen molar-refractivity contribution in [3.05, 3.63) is 12.4 Å². The van der Waals surface area contributed by atoms with E-state index in [0.29, 0.717) is 5.41 Å². The average molecular weight is 234 g/mol. The normalized spacial score (nSPS) is 16.6. The minimum Gasteiger partial charge on any atom is -0.369 e. The summed E-state index contributed by atoms with van der Waals surface area (Å²) in [6.45, 7) is 6.22. The monoisotopic (exact) mass is 234 g/mol. The van der Waals surface area contributed by atoms with Gasteiger partial charge in [-0.3, -0.25) is 4.98 Å². The molecule has 0 unspecified atom stereocenters. The topological polar surface area (TPSA) is 49.8 Å². The van der Waals surface area contributed by atoms with E-state index in [1.165, 1.54) is 25.7 Å². The largest absolute Gasteiger partial charge is 0.369 e. The van der Waals surface area contributed by atoms with E-state index in [1.54, 1.807) is 12.4 Å². The van der Waals surface area contributed by atoms with Crippen LogP contribution in [0.5, 0.6) is 0 Å². The van der Waals surface area contributed by atoms with Gasteiger partial charge in [0.15, 0.2) is 0 Å². The van der Waals surface area contributed by atoms with Crippen molar-refractivity contribution >= 4 is 11.6 Å². The van der Waals surface area contributed by atoms with Gasteiger partial charge in [0, 0.05) is 13.1 Å². The van der Waals surface area contributed by atoms with Crippen LogP contribution >= 0.6 is 0 Å². The van der Waals surface area contributed by atoms with Crippen LogP contribution in [0, 0.1) is 5.41 Å². The molecule has 4 nitrogen and oxygen atoms in total. The third kappa shape index (κ3) is 3.32. The molecular weight excluding hydrogens is 212 g/mol. The second kappa shape index (κ2) is 5.34. The summed E-state index contributed by atoms with van der Waals surface area (Å²) < 4.78 is 0. The second-order valence-electron chi connectivity index (χ2n) is 4.92. The third-order valence-corrected chi connectivity index (χ3v) is 3.37. The van der Waals surface area contributed by atoms with E-state index in [0.717, 1.165) is 24.7 Å². The molecule has 1 saturated carbocycles. The van der Waals surface area contributed by atoms with Gasteiger partial charge < -0.3 is 10.6 Å². The summed E-state index contributed by atoms with van der Waals surface area (Å²) in [6.07, 6.45) is 8.85. The van der Waals surface area contributed by atoms with Gasteiger partial charge in [0.05, 0.1) is 12.4 Å². The fraction of sp³-hybridized carbons (Fsp3) is 0.692. The Hall–Kier alpha value is -1.32. The highest BCUT2D eigenvalue weighted by atomic mass is 15.1. The molecular formula is C13H22N4. The molecule has 2 N–H and O–H groups in total. The molecule has 1 aromatic rings. The third-order valence-electron chi connectivity index (χ3n) is 3.37. The molecule has 4 heteroatoms. The first kappa shape index (κ1) is 12.1. The maximum atomic E-state index is 4.47. The Morgan fingerprint density at radius 2 is 1.88 bits per heavy atom. The molecule has 0 aliphatic heterocycles. The van der Waals surface area contributed by atoms with Crippen molar-refractivity contribution in [1.29, 1.82) is 0 Å². The summed E-state index contributed by atoms with van der Waals surface area (Å²) in [5.41, 5.74) is 0.546. The van der Waals surface area contributed by atoms with Gasteiger partial charge in [-0.2, -0.15) is 0 Å². The van der Waals surface area contributed by atoms with E-state index in [-0.39, 0.29) is 0 Å². The number of hydrogen-bond donors (Lipinski definition) is 2. The molecule has 0 atom stereocenters. The molecule has 17 heavy (non-hydrogen) atoms. The van der Waals surface area contributed by atoms with Crippen molar-refractivity contribution in [2.45, 2.75) is 39.5 Å². The molecule has 1 fully saturated rings. The quantitative estimate of drug-likeness (QED) is 0.761. The lowest BCUT2D eigenvalue weighted by atomic mass is 10.0. The van der Waals surface area contributed by atoms with Crippen LogP contribution in [-0.2, 0) is 0 Å². The molecule has 0 saturated heterocycles. The molecule has 0 aromatic carbocycles. The van der Waals surface area contributed by atoms with E-state index in [2.05, 4.69) is 34.4 Å². The highest BCUT2D eigenvalue weighted by molar-refractivity contribution is 5.41. The van der Waals surface area contributed by atoms with E-state index in [4.69, 9.17) is 0 Å². The van der Waals surface area contributed by atoms with Crippen molar-refractivity contribution < 1.29 is 0 Å². The van der Waals surface area contributed by atoms with Crippen LogP contribution in [0.4, 0.5) is 11.6 Å². The Labute approximate surface area is 103 Å². The summed E-state index contributed by atoms with van der Waals surface area (Å²) in [5, 5.41) is 6.59. The Morgan fingerprint density at radius 1 is 1.18 bits per heavy atom. The van der Waals surface area contributed by atoms with Gasteiger partial charge >= 0.3 is 0 Å². The Kier molecular flexibility index (Phi) is 3.82. The maximum Gasteiger partial charge on any atom is 0.146 e. The van der Waals surface area contributed by atoms with Crippen molar-refractivity contribution in [3.8, 4) is 0 Å². The lowest BCUT2D eigenvalue weighted by molar-refractivity contribution is 0.485. The van der Waals surface area contributed by atoms with Crippen LogP contribution < -0.4 is 10.6 Å². The molecule has 0 bridgehead atoms. The summed E-state index contributed by atoms with van der Waals surface area (Å²) in [7, 11) is 0. The van der Waals surface area contributed by atoms with Gasteiger partial charge in [-0.1, -0.05) is 13.3 Å². The smallest absolute Gasteiger partial charge is 0.146 e. The van der Waals surface area contributed by atoms with Crippen molar-refractivity contribution in [2.75, 3.05) is 23.7 Å². The molecule has 1 aliphatic carbocycles. The van der Waals surface area contributed by atoms with E-state index in [9.17, 15) is 0 Å². The van der Waals surface area contributed by atoms with Crippen LogP contribution in [-0.4, -0.2) is 23.1 Å².